The molecule has 0 atom stereocenters. The van der Waals surface area contributed by atoms with Crippen molar-refractivity contribution in [1.82, 2.24) is 9.55 Å². The molecule has 2 aromatic rings. The Morgan fingerprint density at radius 1 is 1.37 bits per heavy atom. The van der Waals surface area contributed by atoms with Crippen molar-refractivity contribution in [3.63, 3.8) is 0 Å². The van der Waals surface area contributed by atoms with Crippen molar-refractivity contribution >= 4 is 32.9 Å². The molecule has 1 heterocycles. The van der Waals surface area contributed by atoms with Gasteiger partial charge in [0, 0.05) is 6.54 Å². The van der Waals surface area contributed by atoms with Crippen molar-refractivity contribution in [3.05, 3.63) is 24.3 Å². The summed E-state index contributed by atoms with van der Waals surface area (Å²) in [6.07, 6.45) is 3.67. The molecular formula is C12H16N2O3S2. The Hall–Kier alpha value is -1.05. The molecule has 0 radical (unpaired) electrons. The summed E-state index contributed by atoms with van der Waals surface area (Å²) in [5.74, 6) is 0. The van der Waals surface area contributed by atoms with Crippen molar-refractivity contribution in [2.24, 2.45) is 0 Å². The number of benzene rings is 1. The summed E-state index contributed by atoms with van der Waals surface area (Å²) in [6, 6.07) is 7.91. The van der Waals surface area contributed by atoms with Crippen LogP contribution in [-0.4, -0.2) is 37.1 Å². The van der Waals surface area contributed by atoms with Gasteiger partial charge < -0.3 is 4.57 Å². The number of hydrogen-bond donors (Lipinski definition) is 0. The standard InChI is InChI=1S/C12H16N2O3S2/c1-18-12-13-10-6-3-4-7-11(10)14(12)8-5-9-17-19(2,15)16/h3-4,6-7H,5,8-9H2,1-2H3. The van der Waals surface area contributed by atoms with Crippen molar-refractivity contribution in [1.29, 1.82) is 0 Å². The lowest BCUT2D eigenvalue weighted by Gasteiger charge is -2.07. The van der Waals surface area contributed by atoms with E-state index in [0.29, 0.717) is 13.0 Å². The van der Waals surface area contributed by atoms with E-state index in [1.807, 2.05) is 30.5 Å². The molecule has 0 fully saturated rings. The van der Waals surface area contributed by atoms with Gasteiger partial charge in [-0.25, -0.2) is 4.98 Å². The van der Waals surface area contributed by atoms with Crippen LogP contribution in [0.3, 0.4) is 0 Å². The highest BCUT2D eigenvalue weighted by Crippen LogP contribution is 2.22. The van der Waals surface area contributed by atoms with Crippen molar-refractivity contribution in [2.45, 2.75) is 18.1 Å². The first-order valence-corrected chi connectivity index (χ1v) is 8.89. The van der Waals surface area contributed by atoms with E-state index in [1.165, 1.54) is 0 Å². The molecule has 0 aliphatic carbocycles. The van der Waals surface area contributed by atoms with Gasteiger partial charge in [-0.2, -0.15) is 8.42 Å². The fourth-order valence-corrected chi connectivity index (χ4v) is 2.88. The predicted molar refractivity (Wildman–Crippen MR) is 76.9 cm³/mol. The molecule has 19 heavy (non-hydrogen) atoms. The van der Waals surface area contributed by atoms with Gasteiger partial charge in [0.1, 0.15) is 0 Å². The van der Waals surface area contributed by atoms with E-state index in [2.05, 4.69) is 9.55 Å². The second kappa shape index (κ2) is 5.94. The largest absolute Gasteiger partial charge is 0.319 e. The summed E-state index contributed by atoms with van der Waals surface area (Å²) in [7, 11) is -3.35. The van der Waals surface area contributed by atoms with Crippen molar-refractivity contribution < 1.29 is 12.6 Å². The van der Waals surface area contributed by atoms with Gasteiger partial charge in [0.25, 0.3) is 10.1 Å². The minimum Gasteiger partial charge on any atom is -0.319 e. The Balaban J connectivity index is 2.11. The van der Waals surface area contributed by atoms with Crippen LogP contribution in [0.15, 0.2) is 29.4 Å². The lowest BCUT2D eigenvalue weighted by molar-refractivity contribution is 0.306. The molecule has 0 bridgehead atoms. The Morgan fingerprint density at radius 3 is 2.79 bits per heavy atom. The summed E-state index contributed by atoms with van der Waals surface area (Å²) < 4.78 is 28.6. The zero-order valence-electron chi connectivity index (χ0n) is 10.9. The lowest BCUT2D eigenvalue weighted by atomic mass is 10.3. The molecule has 1 aromatic carbocycles. The second-order valence-corrected chi connectivity index (χ2v) is 6.54. The number of nitrogens with zero attached hydrogens (tertiary/aromatic N) is 2. The van der Waals surface area contributed by atoms with Gasteiger partial charge >= 0.3 is 0 Å². The zero-order chi connectivity index (χ0) is 13.9. The third-order valence-corrected chi connectivity index (χ3v) is 3.90. The fraction of sp³-hybridized carbons (Fsp3) is 0.417. The highest BCUT2D eigenvalue weighted by Gasteiger charge is 2.09. The maximum absolute atomic E-state index is 10.9. The zero-order valence-corrected chi connectivity index (χ0v) is 12.5. The van der Waals surface area contributed by atoms with Gasteiger partial charge in [-0.1, -0.05) is 23.9 Å². The molecule has 104 valence electrons. The number of aryl methyl sites for hydroxylation is 1. The third-order valence-electron chi connectivity index (χ3n) is 2.63. The van der Waals surface area contributed by atoms with Gasteiger partial charge in [0.2, 0.25) is 0 Å². The molecule has 7 heteroatoms. The van der Waals surface area contributed by atoms with Gasteiger partial charge in [-0.05, 0) is 24.8 Å². The van der Waals surface area contributed by atoms with E-state index in [1.54, 1.807) is 11.8 Å². The number of imidazole rings is 1. The average Bonchev–Trinajstić information content (AvgIpc) is 2.71. The van der Waals surface area contributed by atoms with Crippen LogP contribution in [0.4, 0.5) is 0 Å². The number of aromatic nitrogens is 2. The Morgan fingerprint density at radius 2 is 2.11 bits per heavy atom. The normalized spacial score (nSPS) is 12.1. The van der Waals surface area contributed by atoms with E-state index >= 15 is 0 Å². The Kier molecular flexibility index (Phi) is 4.49. The first kappa shape index (κ1) is 14.4. The minimum atomic E-state index is -3.35. The molecule has 0 aliphatic heterocycles. The van der Waals surface area contributed by atoms with Gasteiger partial charge in [0.15, 0.2) is 5.16 Å². The summed E-state index contributed by atoms with van der Waals surface area (Å²) in [5.41, 5.74) is 2.02. The van der Waals surface area contributed by atoms with E-state index in [4.69, 9.17) is 4.18 Å². The number of rotatable bonds is 6. The fourth-order valence-electron chi connectivity index (χ4n) is 1.86. The highest BCUT2D eigenvalue weighted by molar-refractivity contribution is 7.98. The van der Waals surface area contributed by atoms with E-state index in [-0.39, 0.29) is 6.61 Å². The van der Waals surface area contributed by atoms with Crippen LogP contribution in [0.25, 0.3) is 11.0 Å². The van der Waals surface area contributed by atoms with Crippen LogP contribution in [0.1, 0.15) is 6.42 Å². The molecule has 0 saturated carbocycles. The molecule has 2 rings (SSSR count). The summed E-state index contributed by atoms with van der Waals surface area (Å²) in [4.78, 5) is 4.53. The van der Waals surface area contributed by atoms with Crippen LogP contribution < -0.4 is 0 Å². The number of hydrogen-bond acceptors (Lipinski definition) is 5. The maximum atomic E-state index is 10.9. The first-order chi connectivity index (χ1) is 9.01. The molecule has 0 saturated heterocycles. The minimum absolute atomic E-state index is 0.194. The monoisotopic (exact) mass is 300 g/mol. The third kappa shape index (κ3) is 3.71. The number of para-hydroxylation sites is 2. The quantitative estimate of drug-likeness (QED) is 0.464. The maximum Gasteiger partial charge on any atom is 0.264 e. The van der Waals surface area contributed by atoms with Crippen LogP contribution in [0.2, 0.25) is 0 Å². The summed E-state index contributed by atoms with van der Waals surface area (Å²) in [5, 5.41) is 0.931. The van der Waals surface area contributed by atoms with Crippen LogP contribution >= 0.6 is 11.8 Å². The predicted octanol–water partition coefficient (Wildman–Crippen LogP) is 2.12. The van der Waals surface area contributed by atoms with Gasteiger partial charge in [-0.3, -0.25) is 4.18 Å². The Labute approximate surface area is 117 Å². The summed E-state index contributed by atoms with van der Waals surface area (Å²) in [6.45, 7) is 0.880. The number of fused-ring (bicyclic) bond motifs is 1. The van der Waals surface area contributed by atoms with E-state index in [9.17, 15) is 8.42 Å². The van der Waals surface area contributed by atoms with Crippen molar-refractivity contribution in [2.75, 3.05) is 19.1 Å². The smallest absolute Gasteiger partial charge is 0.264 e. The SMILES string of the molecule is CSc1nc2ccccc2n1CCCOS(C)(=O)=O. The van der Waals surface area contributed by atoms with E-state index in [0.717, 1.165) is 22.4 Å². The molecule has 0 amide bonds. The van der Waals surface area contributed by atoms with Crippen molar-refractivity contribution in [3.8, 4) is 0 Å². The molecule has 5 nitrogen and oxygen atoms in total. The van der Waals surface area contributed by atoms with Crippen LogP contribution in [0.5, 0.6) is 0 Å². The van der Waals surface area contributed by atoms with Gasteiger partial charge in [-0.15, -0.1) is 0 Å². The Bertz CT molecular complexity index is 665. The molecule has 1 aromatic heterocycles. The molecule has 0 aliphatic rings. The summed E-state index contributed by atoms with van der Waals surface area (Å²) >= 11 is 1.58. The molecule has 0 spiro atoms. The van der Waals surface area contributed by atoms with Gasteiger partial charge in [0.05, 0.1) is 23.9 Å². The molecule has 0 N–H and O–H groups in total. The number of thioether (sulfide) groups is 1. The molecular weight excluding hydrogens is 284 g/mol. The average molecular weight is 300 g/mol. The van der Waals surface area contributed by atoms with Crippen LogP contribution in [-0.2, 0) is 20.8 Å². The topological polar surface area (TPSA) is 61.2 Å². The highest BCUT2D eigenvalue weighted by atomic mass is 32.2. The lowest BCUT2D eigenvalue weighted by Crippen LogP contribution is -2.08. The first-order valence-electron chi connectivity index (χ1n) is 5.85. The second-order valence-electron chi connectivity index (χ2n) is 4.12. The molecule has 0 unspecified atom stereocenters. The van der Waals surface area contributed by atoms with E-state index < -0.39 is 10.1 Å². The van der Waals surface area contributed by atoms with Crippen LogP contribution in [0, 0.1) is 0 Å².